The molecule has 0 saturated carbocycles. The minimum absolute atomic E-state index is 0.0188. The molecule has 0 unspecified atom stereocenters. The molecule has 1 atom stereocenters. The molecule has 3 amide bonds. The zero-order valence-corrected chi connectivity index (χ0v) is 14.8. The number of nitrogens with one attached hydrogen (secondary N) is 2. The van der Waals surface area contributed by atoms with E-state index in [2.05, 4.69) is 15.6 Å². The van der Waals surface area contributed by atoms with E-state index in [1.807, 2.05) is 12.1 Å². The highest BCUT2D eigenvalue weighted by molar-refractivity contribution is 5.89. The number of aromatic nitrogens is 1. The number of nitrogens with zero attached hydrogens (tertiary/aromatic N) is 2. The molecular formula is C19H20N4O4. The minimum Gasteiger partial charge on any atom is -0.447 e. The van der Waals surface area contributed by atoms with Gasteiger partial charge in [-0.2, -0.15) is 0 Å². The van der Waals surface area contributed by atoms with E-state index in [4.69, 9.17) is 4.74 Å². The summed E-state index contributed by atoms with van der Waals surface area (Å²) in [6, 6.07) is 10.0. The largest absolute Gasteiger partial charge is 0.447 e. The second-order valence-electron chi connectivity index (χ2n) is 6.17. The SMILES string of the molecule is CC(=O)Nc1ccc(CN2C(=O)OC[C@H]2C(=O)NCc2ccncc2)cc1. The molecule has 0 aliphatic carbocycles. The van der Waals surface area contributed by atoms with Gasteiger partial charge in [-0.05, 0) is 35.4 Å². The number of hydrogen-bond acceptors (Lipinski definition) is 5. The van der Waals surface area contributed by atoms with Crippen LogP contribution in [-0.2, 0) is 27.4 Å². The summed E-state index contributed by atoms with van der Waals surface area (Å²) in [7, 11) is 0. The second kappa shape index (κ2) is 8.31. The van der Waals surface area contributed by atoms with Crippen molar-refractivity contribution in [3.63, 3.8) is 0 Å². The quantitative estimate of drug-likeness (QED) is 0.808. The number of rotatable bonds is 6. The van der Waals surface area contributed by atoms with Gasteiger partial charge in [0.25, 0.3) is 0 Å². The molecular weight excluding hydrogens is 348 g/mol. The third-order valence-electron chi connectivity index (χ3n) is 4.12. The zero-order chi connectivity index (χ0) is 19.2. The molecule has 0 bridgehead atoms. The molecule has 3 rings (SSSR count). The molecule has 1 saturated heterocycles. The number of carbonyl (C=O) groups excluding carboxylic acids is 3. The van der Waals surface area contributed by atoms with Gasteiger partial charge in [0, 0.05) is 31.5 Å². The van der Waals surface area contributed by atoms with Crippen molar-refractivity contribution in [1.82, 2.24) is 15.2 Å². The number of anilines is 1. The number of pyridine rings is 1. The summed E-state index contributed by atoms with van der Waals surface area (Å²) >= 11 is 0. The van der Waals surface area contributed by atoms with Crippen LogP contribution in [0.4, 0.5) is 10.5 Å². The molecule has 2 heterocycles. The fraction of sp³-hybridized carbons (Fsp3) is 0.263. The lowest BCUT2D eigenvalue weighted by Crippen LogP contribution is -2.45. The molecule has 1 aromatic heterocycles. The van der Waals surface area contributed by atoms with E-state index in [1.54, 1.807) is 36.7 Å². The van der Waals surface area contributed by atoms with Crippen LogP contribution in [0.3, 0.4) is 0 Å². The fourth-order valence-corrected chi connectivity index (χ4v) is 2.74. The number of hydrogen-bond donors (Lipinski definition) is 2. The topological polar surface area (TPSA) is 101 Å². The van der Waals surface area contributed by atoms with Crippen LogP contribution in [0, 0.1) is 0 Å². The molecule has 140 valence electrons. The molecule has 0 radical (unpaired) electrons. The molecule has 2 aromatic rings. The van der Waals surface area contributed by atoms with Gasteiger partial charge in [-0.1, -0.05) is 12.1 Å². The highest BCUT2D eigenvalue weighted by Crippen LogP contribution is 2.18. The Morgan fingerprint density at radius 2 is 1.85 bits per heavy atom. The summed E-state index contributed by atoms with van der Waals surface area (Å²) < 4.78 is 5.06. The molecule has 0 spiro atoms. The molecule has 1 fully saturated rings. The van der Waals surface area contributed by atoms with Gasteiger partial charge in [0.1, 0.15) is 12.6 Å². The fourth-order valence-electron chi connectivity index (χ4n) is 2.74. The van der Waals surface area contributed by atoms with E-state index in [1.165, 1.54) is 11.8 Å². The summed E-state index contributed by atoms with van der Waals surface area (Å²) in [6.07, 6.45) is 2.78. The number of ether oxygens (including phenoxy) is 1. The van der Waals surface area contributed by atoms with Crippen molar-refractivity contribution in [2.75, 3.05) is 11.9 Å². The molecule has 1 aliphatic rings. The molecule has 1 aliphatic heterocycles. The third kappa shape index (κ3) is 4.81. The normalized spacial score (nSPS) is 16.0. The van der Waals surface area contributed by atoms with E-state index in [0.29, 0.717) is 12.2 Å². The van der Waals surface area contributed by atoms with Gasteiger partial charge < -0.3 is 15.4 Å². The van der Waals surface area contributed by atoms with Crippen LogP contribution in [0.5, 0.6) is 0 Å². The predicted molar refractivity (Wildman–Crippen MR) is 97.5 cm³/mol. The number of benzene rings is 1. The Hall–Kier alpha value is -3.42. The maximum atomic E-state index is 12.5. The Morgan fingerprint density at radius 1 is 1.15 bits per heavy atom. The number of amides is 3. The Kier molecular flexibility index (Phi) is 5.65. The number of cyclic esters (lactones) is 1. The summed E-state index contributed by atoms with van der Waals surface area (Å²) in [5.74, 6) is -0.427. The van der Waals surface area contributed by atoms with Crippen molar-refractivity contribution < 1.29 is 19.1 Å². The van der Waals surface area contributed by atoms with Crippen molar-refractivity contribution in [2.24, 2.45) is 0 Å². The molecule has 8 nitrogen and oxygen atoms in total. The van der Waals surface area contributed by atoms with Gasteiger partial charge in [0.05, 0.1) is 6.54 Å². The highest BCUT2D eigenvalue weighted by atomic mass is 16.6. The standard InChI is InChI=1S/C19H20N4O4/c1-13(24)22-16-4-2-15(3-5-16)11-23-17(12-27-19(23)26)18(25)21-10-14-6-8-20-9-7-14/h2-9,17H,10-12H2,1H3,(H,21,25)(H,22,24)/t17-/m0/s1. The average molecular weight is 368 g/mol. The lowest BCUT2D eigenvalue weighted by molar-refractivity contribution is -0.125. The zero-order valence-electron chi connectivity index (χ0n) is 14.8. The summed E-state index contributed by atoms with van der Waals surface area (Å²) in [5, 5.41) is 5.50. The minimum atomic E-state index is -0.686. The number of carbonyl (C=O) groups is 3. The summed E-state index contributed by atoms with van der Waals surface area (Å²) in [4.78, 5) is 40.9. The maximum absolute atomic E-state index is 12.5. The Bertz CT molecular complexity index is 823. The summed E-state index contributed by atoms with van der Waals surface area (Å²) in [5.41, 5.74) is 2.42. The first-order chi connectivity index (χ1) is 13.0. The van der Waals surface area contributed by atoms with Gasteiger partial charge in [-0.3, -0.25) is 19.5 Å². The Morgan fingerprint density at radius 3 is 2.52 bits per heavy atom. The van der Waals surface area contributed by atoms with Crippen LogP contribution in [0.15, 0.2) is 48.8 Å². The van der Waals surface area contributed by atoms with E-state index >= 15 is 0 Å². The molecule has 1 aromatic carbocycles. The van der Waals surface area contributed by atoms with Gasteiger partial charge in [0.15, 0.2) is 0 Å². The third-order valence-corrected chi connectivity index (χ3v) is 4.12. The van der Waals surface area contributed by atoms with Gasteiger partial charge in [-0.25, -0.2) is 4.79 Å². The lowest BCUT2D eigenvalue weighted by atomic mass is 10.1. The van der Waals surface area contributed by atoms with Gasteiger partial charge in [-0.15, -0.1) is 0 Å². The van der Waals surface area contributed by atoms with Crippen LogP contribution in [0.1, 0.15) is 18.1 Å². The molecule has 27 heavy (non-hydrogen) atoms. The summed E-state index contributed by atoms with van der Waals surface area (Å²) in [6.45, 7) is 2.05. The van der Waals surface area contributed by atoms with E-state index in [-0.39, 0.29) is 25.0 Å². The Labute approximate surface area is 156 Å². The van der Waals surface area contributed by atoms with Crippen molar-refractivity contribution in [3.8, 4) is 0 Å². The first-order valence-corrected chi connectivity index (χ1v) is 8.49. The van der Waals surface area contributed by atoms with Crippen LogP contribution < -0.4 is 10.6 Å². The van der Waals surface area contributed by atoms with Crippen molar-refractivity contribution in [3.05, 3.63) is 59.9 Å². The van der Waals surface area contributed by atoms with Crippen LogP contribution in [0.25, 0.3) is 0 Å². The van der Waals surface area contributed by atoms with E-state index in [0.717, 1.165) is 11.1 Å². The first kappa shape index (κ1) is 18.4. The van der Waals surface area contributed by atoms with Crippen LogP contribution >= 0.6 is 0 Å². The molecule has 8 heteroatoms. The van der Waals surface area contributed by atoms with Crippen molar-refractivity contribution in [1.29, 1.82) is 0 Å². The smallest absolute Gasteiger partial charge is 0.410 e. The first-order valence-electron chi connectivity index (χ1n) is 8.49. The van der Waals surface area contributed by atoms with E-state index < -0.39 is 12.1 Å². The maximum Gasteiger partial charge on any atom is 0.410 e. The van der Waals surface area contributed by atoms with Crippen molar-refractivity contribution in [2.45, 2.75) is 26.1 Å². The average Bonchev–Trinajstić information content (AvgIpc) is 3.02. The van der Waals surface area contributed by atoms with Crippen LogP contribution in [-0.4, -0.2) is 40.4 Å². The highest BCUT2D eigenvalue weighted by Gasteiger charge is 2.37. The van der Waals surface area contributed by atoms with E-state index in [9.17, 15) is 14.4 Å². The lowest BCUT2D eigenvalue weighted by Gasteiger charge is -2.21. The van der Waals surface area contributed by atoms with Gasteiger partial charge >= 0.3 is 6.09 Å². The molecule has 2 N–H and O–H groups in total. The monoisotopic (exact) mass is 368 g/mol. The van der Waals surface area contributed by atoms with Gasteiger partial charge in [0.2, 0.25) is 11.8 Å². The van der Waals surface area contributed by atoms with Crippen molar-refractivity contribution >= 4 is 23.6 Å². The second-order valence-corrected chi connectivity index (χ2v) is 6.17. The predicted octanol–water partition coefficient (Wildman–Crippen LogP) is 1.68. The van der Waals surface area contributed by atoms with Crippen LogP contribution in [0.2, 0.25) is 0 Å². The Balaban J connectivity index is 1.61.